The third kappa shape index (κ3) is 7.09. The second-order valence-electron chi connectivity index (χ2n) is 11.1. The van der Waals surface area contributed by atoms with E-state index in [4.69, 9.17) is 14.2 Å². The van der Waals surface area contributed by atoms with Crippen molar-refractivity contribution in [3.63, 3.8) is 0 Å². The number of hydrogen-bond donors (Lipinski definition) is 0. The van der Waals surface area contributed by atoms with Crippen LogP contribution in [0.25, 0.3) is 17.2 Å². The number of carbonyl (C=O) groups is 2. The minimum atomic E-state index is -0.456. The number of esters is 1. The first-order valence-electron chi connectivity index (χ1n) is 14.7. The lowest BCUT2D eigenvalue weighted by Crippen LogP contribution is -2.36. The summed E-state index contributed by atoms with van der Waals surface area (Å²) < 4.78 is 16.7. The molecule has 5 rings (SSSR count). The maximum Gasteiger partial charge on any atom is 0.330 e. The molecule has 2 fully saturated rings. The molecule has 1 amide bonds. The van der Waals surface area contributed by atoms with E-state index in [1.807, 2.05) is 43.3 Å². The number of carbonyl (C=O) groups excluding carboxylic acids is 2. The molecular weight excluding hydrogens is 528 g/mol. The minimum Gasteiger partial charge on any atom is -0.466 e. The summed E-state index contributed by atoms with van der Waals surface area (Å²) in [7, 11) is 5.41. The predicted molar refractivity (Wildman–Crippen MR) is 166 cm³/mol. The Balaban J connectivity index is 1.50. The molecule has 3 aromatic carbocycles. The maximum absolute atomic E-state index is 14.0. The molecule has 2 aliphatic rings. The highest BCUT2D eigenvalue weighted by atomic mass is 16.7. The van der Waals surface area contributed by atoms with Crippen LogP contribution in [0.5, 0.6) is 0 Å². The fourth-order valence-electron chi connectivity index (χ4n) is 5.72. The lowest BCUT2D eigenvalue weighted by atomic mass is 9.88. The van der Waals surface area contributed by atoms with Gasteiger partial charge in [0.1, 0.15) is 0 Å². The third-order valence-electron chi connectivity index (χ3n) is 8.04. The zero-order valence-corrected chi connectivity index (χ0v) is 24.8. The van der Waals surface area contributed by atoms with Crippen LogP contribution in [-0.4, -0.2) is 46.3 Å². The molecule has 0 aromatic heterocycles. The Bertz CT molecular complexity index is 1400. The molecule has 1 aliphatic heterocycles. The fraction of sp³-hybridized carbons (Fsp3) is 0.371. The van der Waals surface area contributed by atoms with Crippen LogP contribution in [0.2, 0.25) is 0 Å². The van der Waals surface area contributed by atoms with Gasteiger partial charge < -0.3 is 24.0 Å². The van der Waals surface area contributed by atoms with Gasteiger partial charge in [0.25, 0.3) is 0 Å². The standard InChI is InChI=1S/C35H40N2O5/c1-36(2)29-16-14-27(15-17-29)31-18-12-26(23-32(31)35-41-20-21-42-35)24-37(34(39)28-9-5-4-6-10-28)30-11-7-8-25(22-30)13-19-33(38)40-3/h7-8,11-19,22-23,28,35H,4-6,9-10,20-21,24H2,1-3H3/b19-13+. The lowest BCUT2D eigenvalue weighted by molar-refractivity contribution is -0.134. The summed E-state index contributed by atoms with van der Waals surface area (Å²) in [5.74, 6) is -0.276. The molecule has 7 nitrogen and oxygen atoms in total. The topological polar surface area (TPSA) is 68.3 Å². The van der Waals surface area contributed by atoms with Crippen LogP contribution < -0.4 is 9.80 Å². The van der Waals surface area contributed by atoms with Gasteiger partial charge >= 0.3 is 5.97 Å². The van der Waals surface area contributed by atoms with Crippen molar-refractivity contribution in [2.75, 3.05) is 44.2 Å². The molecule has 1 saturated heterocycles. The average molecular weight is 569 g/mol. The first kappa shape index (κ1) is 29.5. The smallest absolute Gasteiger partial charge is 0.330 e. The normalized spacial score (nSPS) is 16.1. The van der Waals surface area contributed by atoms with E-state index in [1.54, 1.807) is 6.08 Å². The number of benzene rings is 3. The quantitative estimate of drug-likeness (QED) is 0.210. The Labute approximate surface area is 248 Å². The maximum atomic E-state index is 14.0. The van der Waals surface area contributed by atoms with E-state index in [2.05, 4.69) is 47.4 Å². The lowest BCUT2D eigenvalue weighted by Gasteiger charge is -2.30. The van der Waals surface area contributed by atoms with E-state index in [0.29, 0.717) is 19.8 Å². The number of anilines is 2. The molecule has 3 aromatic rings. The molecule has 0 unspecified atom stereocenters. The van der Waals surface area contributed by atoms with Crippen LogP contribution in [0.3, 0.4) is 0 Å². The van der Waals surface area contributed by atoms with Gasteiger partial charge in [-0.2, -0.15) is 0 Å². The first-order chi connectivity index (χ1) is 20.4. The second kappa shape index (κ2) is 13.8. The minimum absolute atomic E-state index is 0.00321. The molecule has 0 N–H and O–H groups in total. The Kier molecular flexibility index (Phi) is 9.72. The number of hydrogen-bond acceptors (Lipinski definition) is 6. The van der Waals surface area contributed by atoms with Crippen molar-refractivity contribution < 1.29 is 23.8 Å². The first-order valence-corrected chi connectivity index (χ1v) is 14.7. The van der Waals surface area contributed by atoms with Gasteiger partial charge in [-0.15, -0.1) is 0 Å². The predicted octanol–water partition coefficient (Wildman–Crippen LogP) is 6.76. The number of ether oxygens (including phenoxy) is 3. The highest BCUT2D eigenvalue weighted by Crippen LogP contribution is 2.36. The van der Waals surface area contributed by atoms with Crippen molar-refractivity contribution in [2.24, 2.45) is 5.92 Å². The van der Waals surface area contributed by atoms with Crippen molar-refractivity contribution in [3.8, 4) is 11.1 Å². The molecule has 1 aliphatic carbocycles. The van der Waals surface area contributed by atoms with Crippen LogP contribution in [0, 0.1) is 5.92 Å². The van der Waals surface area contributed by atoms with Crippen molar-refractivity contribution in [3.05, 3.63) is 89.5 Å². The van der Waals surface area contributed by atoms with E-state index in [-0.39, 0.29) is 11.8 Å². The molecule has 7 heteroatoms. The Hall–Kier alpha value is -3.94. The van der Waals surface area contributed by atoms with E-state index in [0.717, 1.165) is 64.9 Å². The van der Waals surface area contributed by atoms with Crippen LogP contribution in [-0.2, 0) is 30.3 Å². The summed E-state index contributed by atoms with van der Waals surface area (Å²) in [6.45, 7) is 1.51. The summed E-state index contributed by atoms with van der Waals surface area (Å²) in [5, 5.41) is 0. The van der Waals surface area contributed by atoms with Gasteiger partial charge in [-0.3, -0.25) is 4.79 Å². The van der Waals surface area contributed by atoms with Crippen LogP contribution in [0.4, 0.5) is 11.4 Å². The molecule has 220 valence electrons. The van der Waals surface area contributed by atoms with Gasteiger partial charge in [-0.1, -0.05) is 55.7 Å². The summed E-state index contributed by atoms with van der Waals surface area (Å²) >= 11 is 0. The summed E-state index contributed by atoms with van der Waals surface area (Å²) in [5.41, 5.74) is 6.85. The van der Waals surface area contributed by atoms with Crippen molar-refractivity contribution >= 4 is 29.3 Å². The molecule has 1 heterocycles. The van der Waals surface area contributed by atoms with E-state index in [1.165, 1.54) is 19.6 Å². The number of rotatable bonds is 9. The largest absolute Gasteiger partial charge is 0.466 e. The number of nitrogens with zero attached hydrogens (tertiary/aromatic N) is 2. The summed E-state index contributed by atoms with van der Waals surface area (Å²) in [6, 6.07) is 22.5. The Morgan fingerprint density at radius 1 is 0.905 bits per heavy atom. The van der Waals surface area contributed by atoms with E-state index in [9.17, 15) is 9.59 Å². The molecule has 0 bridgehead atoms. The number of amides is 1. The SMILES string of the molecule is COC(=O)/C=C/c1cccc(N(Cc2ccc(-c3ccc(N(C)C)cc3)c(C3OCCO3)c2)C(=O)C2CCCCC2)c1. The van der Waals surface area contributed by atoms with Gasteiger partial charge in [-0.25, -0.2) is 4.79 Å². The zero-order chi connectivity index (χ0) is 29.5. The summed E-state index contributed by atoms with van der Waals surface area (Å²) in [6.07, 6.45) is 7.80. The monoisotopic (exact) mass is 568 g/mol. The second-order valence-corrected chi connectivity index (χ2v) is 11.1. The molecule has 0 atom stereocenters. The Morgan fingerprint density at radius 2 is 1.64 bits per heavy atom. The summed E-state index contributed by atoms with van der Waals surface area (Å²) in [4.78, 5) is 29.7. The van der Waals surface area contributed by atoms with Crippen LogP contribution in [0.15, 0.2) is 72.8 Å². The van der Waals surface area contributed by atoms with Crippen LogP contribution in [0.1, 0.15) is 55.1 Å². The highest BCUT2D eigenvalue weighted by Gasteiger charge is 2.28. The van der Waals surface area contributed by atoms with E-state index >= 15 is 0 Å². The van der Waals surface area contributed by atoms with Gasteiger partial charge in [0.15, 0.2) is 6.29 Å². The fourth-order valence-corrected chi connectivity index (χ4v) is 5.72. The van der Waals surface area contributed by atoms with Gasteiger partial charge in [0.2, 0.25) is 5.91 Å². The van der Waals surface area contributed by atoms with Gasteiger partial charge in [0.05, 0.1) is 26.9 Å². The average Bonchev–Trinajstić information content (AvgIpc) is 3.58. The van der Waals surface area contributed by atoms with Gasteiger partial charge in [0, 0.05) is 43.0 Å². The molecule has 0 radical (unpaired) electrons. The van der Waals surface area contributed by atoms with Crippen molar-refractivity contribution in [1.29, 1.82) is 0 Å². The van der Waals surface area contributed by atoms with Gasteiger partial charge in [-0.05, 0) is 71.5 Å². The Morgan fingerprint density at radius 3 is 2.33 bits per heavy atom. The molecule has 42 heavy (non-hydrogen) atoms. The molecular formula is C35H40N2O5. The van der Waals surface area contributed by atoms with Crippen molar-refractivity contribution in [1.82, 2.24) is 0 Å². The zero-order valence-electron chi connectivity index (χ0n) is 24.8. The molecule has 0 spiro atoms. The van der Waals surface area contributed by atoms with Crippen molar-refractivity contribution in [2.45, 2.75) is 44.9 Å². The van der Waals surface area contributed by atoms with Crippen LogP contribution >= 0.6 is 0 Å². The number of methoxy groups -OCH3 is 1. The molecule has 1 saturated carbocycles. The van der Waals surface area contributed by atoms with E-state index < -0.39 is 12.3 Å². The third-order valence-corrected chi connectivity index (χ3v) is 8.04. The highest BCUT2D eigenvalue weighted by molar-refractivity contribution is 5.95.